The lowest BCUT2D eigenvalue weighted by Gasteiger charge is -2.11. The Morgan fingerprint density at radius 2 is 2.06 bits per heavy atom. The summed E-state index contributed by atoms with van der Waals surface area (Å²) >= 11 is 3.59. The molecule has 0 unspecified atom stereocenters. The van der Waals surface area contributed by atoms with Crippen LogP contribution in [0.15, 0.2) is 16.6 Å². The maximum Gasteiger partial charge on any atom is 0.175 e. The number of hydrogen-bond acceptors (Lipinski definition) is 3. The van der Waals surface area contributed by atoms with Gasteiger partial charge in [-0.3, -0.25) is 0 Å². The average molecular weight is 312 g/mol. The summed E-state index contributed by atoms with van der Waals surface area (Å²) in [4.78, 5) is 0. The van der Waals surface area contributed by atoms with E-state index in [1.807, 2.05) is 7.05 Å². The molecule has 1 heterocycles. The maximum absolute atomic E-state index is 5.95. The molecule has 98 valence electrons. The highest BCUT2D eigenvalue weighted by atomic mass is 79.9. The van der Waals surface area contributed by atoms with Gasteiger partial charge >= 0.3 is 0 Å². The number of hydrogen-bond donors (Lipinski definition) is 1. The summed E-state index contributed by atoms with van der Waals surface area (Å²) in [5.41, 5.74) is 1.56. The second-order valence-electron chi connectivity index (χ2n) is 5.34. The Bertz CT molecular complexity index is 457. The van der Waals surface area contributed by atoms with Gasteiger partial charge in [-0.2, -0.15) is 0 Å². The summed E-state index contributed by atoms with van der Waals surface area (Å²) in [6, 6.07) is 4.24. The molecule has 1 aromatic carbocycles. The third-order valence-electron chi connectivity index (χ3n) is 3.75. The highest BCUT2D eigenvalue weighted by Gasteiger charge is 2.46. The van der Waals surface area contributed by atoms with E-state index in [2.05, 4.69) is 33.4 Å². The van der Waals surface area contributed by atoms with Crippen LogP contribution in [0.3, 0.4) is 0 Å². The fourth-order valence-electron chi connectivity index (χ4n) is 2.25. The Balaban J connectivity index is 1.84. The first-order chi connectivity index (χ1) is 8.72. The van der Waals surface area contributed by atoms with E-state index in [0.29, 0.717) is 5.41 Å². The van der Waals surface area contributed by atoms with Crippen LogP contribution in [0.5, 0.6) is 11.5 Å². The smallest absolute Gasteiger partial charge is 0.175 e. The fraction of sp³-hybridized carbons (Fsp3) is 0.571. The molecule has 1 spiro atoms. The van der Waals surface area contributed by atoms with Crippen LogP contribution in [0.1, 0.15) is 18.4 Å². The van der Waals surface area contributed by atoms with Crippen molar-refractivity contribution in [2.75, 3.05) is 26.8 Å². The highest BCUT2D eigenvalue weighted by Crippen LogP contribution is 2.50. The molecule has 1 aromatic rings. The number of fused-ring (bicyclic) bond motifs is 1. The van der Waals surface area contributed by atoms with Crippen molar-refractivity contribution in [3.05, 3.63) is 22.2 Å². The molecule has 1 aliphatic heterocycles. The van der Waals surface area contributed by atoms with Crippen LogP contribution in [0.2, 0.25) is 0 Å². The molecule has 1 fully saturated rings. The quantitative estimate of drug-likeness (QED) is 0.931. The summed E-state index contributed by atoms with van der Waals surface area (Å²) in [6.07, 6.45) is 3.45. The molecule has 0 bridgehead atoms. The first kappa shape index (κ1) is 12.3. The Labute approximate surface area is 116 Å². The van der Waals surface area contributed by atoms with Crippen molar-refractivity contribution in [3.63, 3.8) is 0 Å². The molecule has 1 saturated carbocycles. The van der Waals surface area contributed by atoms with E-state index in [4.69, 9.17) is 9.47 Å². The number of nitrogens with one attached hydrogen (secondary N) is 1. The summed E-state index contributed by atoms with van der Waals surface area (Å²) in [5, 5.41) is 3.16. The zero-order valence-electron chi connectivity index (χ0n) is 10.6. The normalized spacial score (nSPS) is 19.7. The van der Waals surface area contributed by atoms with Gasteiger partial charge in [0.15, 0.2) is 11.5 Å². The summed E-state index contributed by atoms with van der Waals surface area (Å²) in [6.45, 7) is 2.55. The highest BCUT2D eigenvalue weighted by molar-refractivity contribution is 9.10. The van der Waals surface area contributed by atoms with Gasteiger partial charge in [0.1, 0.15) is 0 Å². The van der Waals surface area contributed by atoms with Crippen LogP contribution in [0.25, 0.3) is 0 Å². The second kappa shape index (κ2) is 4.74. The van der Waals surface area contributed by atoms with Crippen LogP contribution < -0.4 is 14.8 Å². The van der Waals surface area contributed by atoms with Gasteiger partial charge in [0.25, 0.3) is 0 Å². The predicted molar refractivity (Wildman–Crippen MR) is 74.4 cm³/mol. The number of rotatable bonds is 3. The van der Waals surface area contributed by atoms with Gasteiger partial charge in [0, 0.05) is 5.41 Å². The number of ether oxygens (including phenoxy) is 2. The predicted octanol–water partition coefficient (Wildman–Crippen LogP) is 2.76. The molecular formula is C14H18BrNO2. The van der Waals surface area contributed by atoms with Crippen LogP contribution in [-0.4, -0.2) is 26.8 Å². The van der Waals surface area contributed by atoms with Gasteiger partial charge in [-0.05, 0) is 66.5 Å². The van der Waals surface area contributed by atoms with E-state index in [1.165, 1.54) is 18.4 Å². The van der Waals surface area contributed by atoms with Gasteiger partial charge in [0.2, 0.25) is 0 Å². The molecule has 1 aliphatic carbocycles. The zero-order valence-corrected chi connectivity index (χ0v) is 12.2. The van der Waals surface area contributed by atoms with Gasteiger partial charge in [-0.1, -0.05) is 0 Å². The number of benzene rings is 1. The van der Waals surface area contributed by atoms with E-state index in [0.717, 1.165) is 42.2 Å². The average Bonchev–Trinajstić information content (AvgIpc) is 3.15. The van der Waals surface area contributed by atoms with Crippen molar-refractivity contribution in [1.29, 1.82) is 0 Å². The lowest BCUT2D eigenvalue weighted by atomic mass is 10.1. The zero-order chi connectivity index (χ0) is 12.6. The molecule has 4 heteroatoms. The third kappa shape index (κ3) is 2.36. The standard InChI is InChI=1S/C14H18BrNO2/c1-16-5-2-10-6-11(15)13-12(7-10)17-8-14(3-4-14)9-18-13/h6-7,16H,2-5,8-9H2,1H3. The van der Waals surface area contributed by atoms with Crippen LogP contribution in [0.4, 0.5) is 0 Å². The Morgan fingerprint density at radius 1 is 1.28 bits per heavy atom. The molecular weight excluding hydrogens is 294 g/mol. The summed E-state index contributed by atoms with van der Waals surface area (Å²) < 4.78 is 12.9. The third-order valence-corrected chi connectivity index (χ3v) is 4.34. The van der Waals surface area contributed by atoms with Crippen LogP contribution in [0, 0.1) is 5.41 Å². The van der Waals surface area contributed by atoms with Crippen molar-refractivity contribution < 1.29 is 9.47 Å². The molecule has 0 saturated heterocycles. The summed E-state index contributed by atoms with van der Waals surface area (Å²) in [7, 11) is 1.97. The topological polar surface area (TPSA) is 30.5 Å². The Hall–Kier alpha value is -0.740. The van der Waals surface area contributed by atoms with Gasteiger partial charge in [-0.15, -0.1) is 0 Å². The van der Waals surface area contributed by atoms with Crippen molar-refractivity contribution >= 4 is 15.9 Å². The molecule has 0 atom stereocenters. The van der Waals surface area contributed by atoms with Crippen LogP contribution in [-0.2, 0) is 6.42 Å². The monoisotopic (exact) mass is 311 g/mol. The van der Waals surface area contributed by atoms with Crippen molar-refractivity contribution in [3.8, 4) is 11.5 Å². The largest absolute Gasteiger partial charge is 0.489 e. The van der Waals surface area contributed by atoms with E-state index >= 15 is 0 Å². The number of halogens is 1. The minimum absolute atomic E-state index is 0.295. The molecule has 0 aromatic heterocycles. The Kier molecular flexibility index (Phi) is 3.24. The van der Waals surface area contributed by atoms with Crippen molar-refractivity contribution in [2.45, 2.75) is 19.3 Å². The van der Waals surface area contributed by atoms with E-state index in [-0.39, 0.29) is 0 Å². The van der Waals surface area contributed by atoms with Crippen LogP contribution >= 0.6 is 15.9 Å². The first-order valence-electron chi connectivity index (χ1n) is 6.45. The second-order valence-corrected chi connectivity index (χ2v) is 6.19. The minimum Gasteiger partial charge on any atom is -0.489 e. The van der Waals surface area contributed by atoms with E-state index in [9.17, 15) is 0 Å². The lowest BCUT2D eigenvalue weighted by Crippen LogP contribution is -2.17. The maximum atomic E-state index is 5.95. The van der Waals surface area contributed by atoms with Gasteiger partial charge < -0.3 is 14.8 Å². The minimum atomic E-state index is 0.295. The lowest BCUT2D eigenvalue weighted by molar-refractivity contribution is 0.196. The first-order valence-corrected chi connectivity index (χ1v) is 7.24. The SMILES string of the molecule is CNCCc1cc(Br)c2c(c1)OCC1(CC1)CO2. The van der Waals surface area contributed by atoms with Crippen molar-refractivity contribution in [1.82, 2.24) is 5.32 Å². The Morgan fingerprint density at radius 3 is 2.78 bits per heavy atom. The molecule has 0 amide bonds. The molecule has 18 heavy (non-hydrogen) atoms. The number of likely N-dealkylation sites (N-methyl/N-ethyl adjacent to an activating group) is 1. The molecule has 3 nitrogen and oxygen atoms in total. The van der Waals surface area contributed by atoms with Crippen molar-refractivity contribution in [2.24, 2.45) is 5.41 Å². The van der Waals surface area contributed by atoms with Gasteiger partial charge in [-0.25, -0.2) is 0 Å². The fourth-order valence-corrected chi connectivity index (χ4v) is 2.85. The molecule has 1 N–H and O–H groups in total. The van der Waals surface area contributed by atoms with Gasteiger partial charge in [0.05, 0.1) is 17.7 Å². The summed E-state index contributed by atoms with van der Waals surface area (Å²) in [5.74, 6) is 1.76. The molecule has 2 aliphatic rings. The molecule has 3 rings (SSSR count). The van der Waals surface area contributed by atoms with E-state index < -0.39 is 0 Å². The van der Waals surface area contributed by atoms with E-state index in [1.54, 1.807) is 0 Å². The molecule has 0 radical (unpaired) electrons.